The van der Waals surface area contributed by atoms with Crippen LogP contribution >= 0.6 is 11.6 Å². The SMILES string of the molecule is C.Cc1nnc(C2CCN(C=O)CC2)n1-c1ccc(Cl)cc1. The maximum Gasteiger partial charge on any atom is 0.209 e. The molecular formula is C16H21ClN4O. The first-order chi connectivity index (χ1) is 10.2. The highest BCUT2D eigenvalue weighted by atomic mass is 35.5. The van der Waals surface area contributed by atoms with E-state index in [0.29, 0.717) is 10.9 Å². The summed E-state index contributed by atoms with van der Waals surface area (Å²) in [4.78, 5) is 12.6. The predicted octanol–water partition coefficient (Wildman–Crippen LogP) is 3.20. The molecule has 1 fully saturated rings. The Bertz CT molecular complexity index is 630. The zero-order chi connectivity index (χ0) is 14.8. The lowest BCUT2D eigenvalue weighted by Crippen LogP contribution is -2.32. The third-order valence-corrected chi connectivity index (χ3v) is 4.23. The monoisotopic (exact) mass is 320 g/mol. The number of carbonyl (C=O) groups excluding carboxylic acids is 1. The van der Waals surface area contributed by atoms with Gasteiger partial charge in [-0.25, -0.2) is 0 Å². The van der Waals surface area contributed by atoms with E-state index in [9.17, 15) is 4.79 Å². The van der Waals surface area contributed by atoms with E-state index in [-0.39, 0.29) is 7.43 Å². The Morgan fingerprint density at radius 1 is 1.18 bits per heavy atom. The third-order valence-electron chi connectivity index (χ3n) is 3.98. The molecule has 0 unspecified atom stereocenters. The number of likely N-dealkylation sites (tertiary alicyclic amines) is 1. The Morgan fingerprint density at radius 2 is 1.82 bits per heavy atom. The van der Waals surface area contributed by atoms with Crippen LogP contribution in [0.4, 0.5) is 0 Å². The summed E-state index contributed by atoms with van der Waals surface area (Å²) in [6, 6.07) is 7.69. The van der Waals surface area contributed by atoms with Gasteiger partial charge in [-0.15, -0.1) is 10.2 Å². The predicted molar refractivity (Wildman–Crippen MR) is 87.4 cm³/mol. The summed E-state index contributed by atoms with van der Waals surface area (Å²) in [6.45, 7) is 3.51. The molecule has 0 radical (unpaired) electrons. The van der Waals surface area contributed by atoms with Gasteiger partial charge in [-0.1, -0.05) is 19.0 Å². The van der Waals surface area contributed by atoms with Crippen molar-refractivity contribution in [1.29, 1.82) is 0 Å². The van der Waals surface area contributed by atoms with Gasteiger partial charge in [0.1, 0.15) is 11.6 Å². The van der Waals surface area contributed by atoms with Gasteiger partial charge in [-0.05, 0) is 44.0 Å². The van der Waals surface area contributed by atoms with Gasteiger partial charge >= 0.3 is 0 Å². The number of nitrogens with zero attached hydrogens (tertiary/aromatic N) is 4. The molecule has 0 bridgehead atoms. The summed E-state index contributed by atoms with van der Waals surface area (Å²) in [5.74, 6) is 2.17. The second-order valence-electron chi connectivity index (χ2n) is 5.33. The molecule has 1 amide bonds. The van der Waals surface area contributed by atoms with Gasteiger partial charge in [-0.2, -0.15) is 0 Å². The van der Waals surface area contributed by atoms with E-state index in [0.717, 1.165) is 49.7 Å². The van der Waals surface area contributed by atoms with Crippen molar-refractivity contribution in [3.05, 3.63) is 40.9 Å². The second kappa shape index (κ2) is 6.92. The van der Waals surface area contributed by atoms with Crippen LogP contribution in [0.15, 0.2) is 24.3 Å². The Hall–Kier alpha value is -1.88. The fraction of sp³-hybridized carbons (Fsp3) is 0.438. The number of hydrogen-bond donors (Lipinski definition) is 0. The van der Waals surface area contributed by atoms with E-state index in [2.05, 4.69) is 14.8 Å². The number of aryl methyl sites for hydroxylation is 1. The van der Waals surface area contributed by atoms with Crippen LogP contribution in [-0.2, 0) is 4.79 Å². The average molecular weight is 321 g/mol. The van der Waals surface area contributed by atoms with Crippen molar-refractivity contribution >= 4 is 18.0 Å². The number of benzene rings is 1. The quantitative estimate of drug-likeness (QED) is 0.816. The maximum absolute atomic E-state index is 10.8. The van der Waals surface area contributed by atoms with Crippen molar-refractivity contribution in [2.75, 3.05) is 13.1 Å². The molecule has 1 aliphatic rings. The molecule has 22 heavy (non-hydrogen) atoms. The summed E-state index contributed by atoms with van der Waals surface area (Å²) >= 11 is 5.95. The van der Waals surface area contributed by atoms with Crippen LogP contribution in [0.5, 0.6) is 0 Å². The Balaban J connectivity index is 0.00000176. The second-order valence-corrected chi connectivity index (χ2v) is 5.77. The standard InChI is InChI=1S/C15H17ClN4O.CH4/c1-11-17-18-15(12-6-8-19(10-21)9-7-12)20(11)14-4-2-13(16)3-5-14;/h2-5,10,12H,6-9H2,1H3;1H4. The first kappa shape index (κ1) is 16.5. The van der Waals surface area contributed by atoms with E-state index >= 15 is 0 Å². The van der Waals surface area contributed by atoms with E-state index in [1.165, 1.54) is 0 Å². The Kier molecular flexibility index (Phi) is 5.19. The molecule has 0 N–H and O–H groups in total. The van der Waals surface area contributed by atoms with Crippen LogP contribution in [0, 0.1) is 6.92 Å². The fourth-order valence-corrected chi connectivity index (χ4v) is 2.94. The number of hydrogen-bond acceptors (Lipinski definition) is 3. The summed E-state index contributed by atoms with van der Waals surface area (Å²) < 4.78 is 2.08. The minimum absolute atomic E-state index is 0. The highest BCUT2D eigenvalue weighted by Gasteiger charge is 2.25. The molecule has 6 heteroatoms. The maximum atomic E-state index is 10.8. The first-order valence-electron chi connectivity index (χ1n) is 7.06. The van der Waals surface area contributed by atoms with Gasteiger partial charge in [0.15, 0.2) is 0 Å². The lowest BCUT2D eigenvalue weighted by molar-refractivity contribution is -0.119. The summed E-state index contributed by atoms with van der Waals surface area (Å²) in [5, 5.41) is 9.30. The molecule has 1 aromatic heterocycles. The van der Waals surface area contributed by atoms with E-state index in [4.69, 9.17) is 11.6 Å². The van der Waals surface area contributed by atoms with Gasteiger partial charge < -0.3 is 4.90 Å². The summed E-state index contributed by atoms with van der Waals surface area (Å²) in [6.07, 6.45) is 2.76. The number of amides is 1. The molecule has 0 atom stereocenters. The van der Waals surface area contributed by atoms with Gasteiger partial charge in [0.2, 0.25) is 6.41 Å². The molecule has 2 aromatic rings. The minimum Gasteiger partial charge on any atom is -0.345 e. The molecule has 1 aliphatic heterocycles. The Morgan fingerprint density at radius 3 is 2.41 bits per heavy atom. The molecule has 1 saturated heterocycles. The third kappa shape index (κ3) is 3.14. The highest BCUT2D eigenvalue weighted by Crippen LogP contribution is 2.29. The van der Waals surface area contributed by atoms with Gasteiger partial charge in [0.25, 0.3) is 0 Å². The van der Waals surface area contributed by atoms with E-state index in [1.54, 1.807) is 0 Å². The van der Waals surface area contributed by atoms with E-state index < -0.39 is 0 Å². The zero-order valence-corrected chi connectivity index (χ0v) is 12.6. The molecule has 0 spiro atoms. The molecular weight excluding hydrogens is 300 g/mol. The number of rotatable bonds is 3. The molecule has 118 valence electrons. The topological polar surface area (TPSA) is 51.0 Å². The number of halogens is 1. The molecule has 5 nitrogen and oxygen atoms in total. The van der Waals surface area contributed by atoms with Crippen molar-refractivity contribution in [3.8, 4) is 5.69 Å². The molecule has 0 saturated carbocycles. The van der Waals surface area contributed by atoms with Crippen LogP contribution in [0.25, 0.3) is 5.69 Å². The lowest BCUT2D eigenvalue weighted by atomic mass is 9.96. The molecule has 3 rings (SSSR count). The van der Waals surface area contributed by atoms with Crippen molar-refractivity contribution in [3.63, 3.8) is 0 Å². The first-order valence-corrected chi connectivity index (χ1v) is 7.44. The molecule has 2 heterocycles. The normalized spacial score (nSPS) is 15.5. The van der Waals surface area contributed by atoms with Crippen LogP contribution in [-0.4, -0.2) is 39.2 Å². The van der Waals surface area contributed by atoms with Crippen LogP contribution in [0.1, 0.15) is 37.8 Å². The highest BCUT2D eigenvalue weighted by molar-refractivity contribution is 6.30. The zero-order valence-electron chi connectivity index (χ0n) is 11.9. The van der Waals surface area contributed by atoms with Crippen molar-refractivity contribution in [1.82, 2.24) is 19.7 Å². The summed E-state index contributed by atoms with van der Waals surface area (Å²) in [7, 11) is 0. The van der Waals surface area contributed by atoms with Gasteiger partial charge in [-0.3, -0.25) is 9.36 Å². The van der Waals surface area contributed by atoms with E-state index in [1.807, 2.05) is 36.1 Å². The smallest absolute Gasteiger partial charge is 0.209 e. The number of carbonyl (C=O) groups is 1. The van der Waals surface area contributed by atoms with Crippen molar-refractivity contribution in [2.24, 2.45) is 0 Å². The van der Waals surface area contributed by atoms with Crippen LogP contribution in [0.2, 0.25) is 5.02 Å². The number of aromatic nitrogens is 3. The van der Waals surface area contributed by atoms with Crippen LogP contribution in [0.3, 0.4) is 0 Å². The minimum atomic E-state index is 0. The largest absolute Gasteiger partial charge is 0.345 e. The Labute approximate surface area is 135 Å². The van der Waals surface area contributed by atoms with Crippen molar-refractivity contribution in [2.45, 2.75) is 33.1 Å². The van der Waals surface area contributed by atoms with Crippen molar-refractivity contribution < 1.29 is 4.79 Å². The van der Waals surface area contributed by atoms with Crippen LogP contribution < -0.4 is 0 Å². The average Bonchev–Trinajstić information content (AvgIpc) is 2.90. The lowest BCUT2D eigenvalue weighted by Gasteiger charge is -2.28. The van der Waals surface area contributed by atoms with Gasteiger partial charge in [0, 0.05) is 29.7 Å². The fourth-order valence-electron chi connectivity index (χ4n) is 2.82. The molecule has 0 aliphatic carbocycles. The summed E-state index contributed by atoms with van der Waals surface area (Å²) in [5.41, 5.74) is 1.02. The number of piperidine rings is 1. The molecule has 1 aromatic carbocycles. The van der Waals surface area contributed by atoms with Gasteiger partial charge in [0.05, 0.1) is 0 Å².